The van der Waals surface area contributed by atoms with Gasteiger partial charge in [-0.15, -0.1) is 0 Å². The lowest BCUT2D eigenvalue weighted by Gasteiger charge is -2.39. The Kier molecular flexibility index (Phi) is 28.3. The number of nitrogens with one attached hydrogen (secondary N) is 3. The van der Waals surface area contributed by atoms with Gasteiger partial charge in [0.25, 0.3) is 12.9 Å². The van der Waals surface area contributed by atoms with Gasteiger partial charge in [0.15, 0.2) is 0 Å². The minimum absolute atomic E-state index is 0.0905. The van der Waals surface area contributed by atoms with Crippen LogP contribution in [0.3, 0.4) is 0 Å². The Morgan fingerprint density at radius 3 is 1.42 bits per heavy atom. The number of halogens is 3. The molecule has 0 spiro atoms. The van der Waals surface area contributed by atoms with Gasteiger partial charge in [-0.2, -0.15) is 16.8 Å². The summed E-state index contributed by atoms with van der Waals surface area (Å²) in [5.74, 6) is 1.05. The van der Waals surface area contributed by atoms with Crippen LogP contribution in [0.1, 0.15) is 89.5 Å². The summed E-state index contributed by atoms with van der Waals surface area (Å²) in [6.07, 6.45) is 6.81. The molecule has 4 atom stereocenters. The number of ether oxygens (including phenoxy) is 6. The lowest BCUT2D eigenvalue weighted by molar-refractivity contribution is -0.139. The van der Waals surface area contributed by atoms with Gasteiger partial charge < -0.3 is 50.1 Å². The maximum absolute atomic E-state index is 14.1. The van der Waals surface area contributed by atoms with E-state index in [4.69, 9.17) is 53.1 Å². The van der Waals surface area contributed by atoms with Crippen molar-refractivity contribution in [1.82, 2.24) is 30.6 Å². The quantitative estimate of drug-likeness (QED) is 0.0832. The van der Waals surface area contributed by atoms with Crippen molar-refractivity contribution in [3.05, 3.63) is 88.1 Å². The molecule has 4 fully saturated rings. The van der Waals surface area contributed by atoms with E-state index in [1.165, 1.54) is 24.8 Å². The fourth-order valence-corrected chi connectivity index (χ4v) is 7.18. The van der Waals surface area contributed by atoms with Crippen molar-refractivity contribution in [3.8, 4) is 11.8 Å². The molecule has 4 bridgehead atoms. The summed E-state index contributed by atoms with van der Waals surface area (Å²) >= 11 is 4.46. The Hall–Kier alpha value is -5.63. The SMILES string of the molecule is CC(C)(C)OC=O.CC(C)(C)OC=O.Cc1c(Cl)ncnc1OC1CC2COCC(C1)N2.Cc1ccc(N)c(F)c1.Cc1ccc(Nc2ncnc(OC3CC4COCC(C3)N4)c2C)c(F)c1.O=S=O.O=S=O. The highest BCUT2D eigenvalue weighted by Crippen LogP contribution is 2.30. The molecule has 4 unspecified atom stereocenters. The van der Waals surface area contributed by atoms with Gasteiger partial charge in [0.2, 0.25) is 11.8 Å². The summed E-state index contributed by atoms with van der Waals surface area (Å²) < 4.78 is 92.1. The van der Waals surface area contributed by atoms with E-state index >= 15 is 0 Å². The van der Waals surface area contributed by atoms with Crippen molar-refractivity contribution >= 4 is 64.9 Å². The van der Waals surface area contributed by atoms with E-state index in [2.05, 4.69) is 45.4 Å². The number of carbonyl (C=O) groups excluding carboxylic acids is 2. The van der Waals surface area contributed by atoms with Crippen molar-refractivity contribution in [3.63, 3.8) is 0 Å². The number of benzene rings is 2. The molecule has 0 aliphatic carbocycles. The van der Waals surface area contributed by atoms with Crippen molar-refractivity contribution in [2.45, 2.75) is 142 Å². The highest BCUT2D eigenvalue weighted by molar-refractivity contribution is 7.51. The molecule has 4 aromatic rings. The average Bonchev–Trinajstić information content (AvgIpc) is 3.29. The number of nitrogen functional groups attached to an aromatic ring is 1. The summed E-state index contributed by atoms with van der Waals surface area (Å²) in [7, 11) is 0. The van der Waals surface area contributed by atoms with Crippen LogP contribution in [0.15, 0.2) is 49.1 Å². The Labute approximate surface area is 437 Å². The number of rotatable bonds is 8. The van der Waals surface area contributed by atoms with Gasteiger partial charge in [0, 0.05) is 55.4 Å². The summed E-state index contributed by atoms with van der Waals surface area (Å²) in [6.45, 7) is 22.2. The van der Waals surface area contributed by atoms with E-state index in [1.807, 2.05) is 75.3 Å². The Bertz CT molecular complexity index is 2360. The normalized spacial score (nSPS) is 20.1. The van der Waals surface area contributed by atoms with Gasteiger partial charge >= 0.3 is 23.1 Å². The van der Waals surface area contributed by atoms with Gasteiger partial charge in [-0.1, -0.05) is 23.7 Å². The minimum Gasteiger partial charge on any atom is -0.474 e. The number of carbonyl (C=O) groups is 2. The molecule has 0 amide bonds. The number of piperidine rings is 2. The smallest absolute Gasteiger partial charge is 0.335 e. The molecule has 4 saturated heterocycles. The van der Waals surface area contributed by atoms with Gasteiger partial charge in [0.1, 0.15) is 58.7 Å². The van der Waals surface area contributed by atoms with E-state index in [0.717, 1.165) is 74.4 Å². The number of nitrogens with zero attached hydrogens (tertiary/aromatic N) is 4. The molecule has 4 aliphatic rings. The highest BCUT2D eigenvalue weighted by atomic mass is 35.5. The Morgan fingerprint density at radius 2 is 1.05 bits per heavy atom. The van der Waals surface area contributed by atoms with E-state index in [9.17, 15) is 18.4 Å². The fourth-order valence-electron chi connectivity index (χ4n) is 7.06. The maximum atomic E-state index is 14.1. The molecule has 20 nitrogen and oxygen atoms in total. The fraction of sp³-hybridized carbons (Fsp3) is 0.542. The van der Waals surface area contributed by atoms with Gasteiger partial charge in [-0.05, 0) is 105 Å². The molecule has 0 saturated carbocycles. The third kappa shape index (κ3) is 25.2. The predicted octanol–water partition coefficient (Wildman–Crippen LogP) is 6.50. The van der Waals surface area contributed by atoms with Crippen LogP contribution in [0.2, 0.25) is 5.15 Å². The second-order valence-corrected chi connectivity index (χ2v) is 19.4. The molecule has 25 heteroatoms. The van der Waals surface area contributed by atoms with E-state index in [1.54, 1.807) is 18.2 Å². The predicted molar refractivity (Wildman–Crippen MR) is 271 cm³/mol. The number of nitrogens with two attached hydrogens (primary N) is 1. The largest absolute Gasteiger partial charge is 0.474 e. The van der Waals surface area contributed by atoms with Crippen molar-refractivity contribution in [2.75, 3.05) is 37.5 Å². The highest BCUT2D eigenvalue weighted by Gasteiger charge is 2.35. The van der Waals surface area contributed by atoms with E-state index in [-0.39, 0.29) is 40.7 Å². The number of morpholine rings is 2. The lowest BCUT2D eigenvalue weighted by Crippen LogP contribution is -2.56. The van der Waals surface area contributed by atoms with Crippen LogP contribution < -0.4 is 31.2 Å². The second-order valence-electron chi connectivity index (χ2n) is 18.8. The van der Waals surface area contributed by atoms with Crippen molar-refractivity contribution in [1.29, 1.82) is 0 Å². The van der Waals surface area contributed by atoms with E-state index in [0.29, 0.717) is 65.5 Å². The first-order valence-corrected chi connectivity index (χ1v) is 24.6. The number of aromatic nitrogens is 4. The number of fused-ring (bicyclic) bond motifs is 4. The Balaban J connectivity index is 0.000000336. The van der Waals surface area contributed by atoms with Crippen LogP contribution in [0.25, 0.3) is 0 Å². The molecule has 4 aliphatic heterocycles. The zero-order valence-corrected chi connectivity index (χ0v) is 45.0. The molecule has 73 heavy (non-hydrogen) atoms. The zero-order valence-electron chi connectivity index (χ0n) is 42.6. The molecule has 5 N–H and O–H groups in total. The Morgan fingerprint density at radius 1 is 0.658 bits per heavy atom. The molecule has 0 radical (unpaired) electrons. The summed E-state index contributed by atoms with van der Waals surface area (Å²) in [4.78, 5) is 35.8. The third-order valence-electron chi connectivity index (χ3n) is 10.3. The van der Waals surface area contributed by atoms with Gasteiger partial charge in [0.05, 0.1) is 43.4 Å². The molecule has 6 heterocycles. The van der Waals surface area contributed by atoms with Crippen LogP contribution in [0.5, 0.6) is 11.8 Å². The van der Waals surface area contributed by atoms with Gasteiger partial charge in [-0.25, -0.2) is 28.7 Å². The first kappa shape index (κ1) is 63.5. The second kappa shape index (κ2) is 32.5. The topological polar surface area (TPSA) is 271 Å². The standard InChI is InChI=1S/C19H23FN4O2.C12H16ClN3O2.C7H8FN.2C5H10O2.2O2S/c1-11-3-4-17(16(20)5-11)24-18-12(2)19(22-10-21-18)26-15-6-13-8-25-9-14(7-15)23-13;1-7-11(13)14-6-15-12(7)18-10-2-8-4-17-5-9(3-10)16-8;1-5-2-3-7(9)6(8)4-5;2*1-5(2,3)7-4-6;2*1-3-2/h3-5,10,13-15,23H,6-9H2,1-2H3,(H,21,22,24);6,8-10,16H,2-5H2,1H3;2-4H,9H2,1H3;2*4H,1-3H3;;. The molecular weight excluding hydrogens is 1020 g/mol. The molecule has 404 valence electrons. The molecule has 2 aromatic carbocycles. The number of hydrogen-bond acceptors (Lipinski definition) is 20. The van der Waals surface area contributed by atoms with E-state index < -0.39 is 23.1 Å². The summed E-state index contributed by atoms with van der Waals surface area (Å²) in [6, 6.07) is 11.2. The molecular formula is C48H67ClF2N8O12S2. The van der Waals surface area contributed by atoms with Gasteiger partial charge in [-0.3, -0.25) is 9.59 Å². The van der Waals surface area contributed by atoms with Crippen LogP contribution in [0.4, 0.5) is 26.0 Å². The number of aryl methyl sites for hydroxylation is 2. The molecule has 2 aromatic heterocycles. The zero-order chi connectivity index (χ0) is 54.7. The van der Waals surface area contributed by atoms with Crippen LogP contribution >= 0.6 is 11.6 Å². The maximum Gasteiger partial charge on any atom is 0.335 e. The third-order valence-corrected chi connectivity index (χ3v) is 10.7. The van der Waals surface area contributed by atoms with Crippen LogP contribution in [-0.4, -0.2) is 124 Å². The first-order chi connectivity index (χ1) is 34.4. The van der Waals surface area contributed by atoms with Crippen molar-refractivity contribution < 1.29 is 63.6 Å². The minimum atomic E-state index is -0.750. The first-order valence-electron chi connectivity index (χ1n) is 22.9. The number of anilines is 3. The van der Waals surface area contributed by atoms with Crippen molar-refractivity contribution in [2.24, 2.45) is 0 Å². The number of hydrogen-bond donors (Lipinski definition) is 4. The summed E-state index contributed by atoms with van der Waals surface area (Å²) in [5.41, 5.74) is 8.51. The monoisotopic (exact) mass is 1080 g/mol. The molecule has 8 rings (SSSR count). The lowest BCUT2D eigenvalue weighted by atomic mass is 9.95. The average molecular weight is 1090 g/mol. The summed E-state index contributed by atoms with van der Waals surface area (Å²) in [5, 5.41) is 10.6. The van der Waals surface area contributed by atoms with Crippen LogP contribution in [0, 0.1) is 39.3 Å². The van der Waals surface area contributed by atoms with Crippen LogP contribution in [-0.2, 0) is 51.7 Å².